The maximum Gasteiger partial charge on any atom is 0.341 e. The molecule has 0 unspecified atom stereocenters. The molecule has 0 aliphatic carbocycles. The molecule has 1 aliphatic rings. The Bertz CT molecular complexity index is 1280. The van der Waals surface area contributed by atoms with Crippen molar-refractivity contribution in [2.24, 2.45) is 0 Å². The fourth-order valence-corrected chi connectivity index (χ4v) is 5.52. The molecule has 3 heterocycles. The van der Waals surface area contributed by atoms with Gasteiger partial charge >= 0.3 is 5.97 Å². The van der Waals surface area contributed by atoms with Gasteiger partial charge in [-0.15, -0.1) is 11.3 Å². The number of thiocarbonyl (C=S) groups is 1. The Morgan fingerprint density at radius 2 is 1.86 bits per heavy atom. The minimum Gasteiger partial charge on any atom is -0.465 e. The number of ether oxygens (including phenoxy) is 2. The van der Waals surface area contributed by atoms with E-state index in [9.17, 15) is 9.59 Å². The second-order valence-electron chi connectivity index (χ2n) is 8.00. The molecule has 36 heavy (non-hydrogen) atoms. The van der Waals surface area contributed by atoms with Crippen molar-refractivity contribution in [2.75, 3.05) is 62.0 Å². The lowest BCUT2D eigenvalue weighted by atomic mass is 10.1. The number of amides is 1. The Morgan fingerprint density at radius 3 is 2.53 bits per heavy atom. The number of esters is 1. The van der Waals surface area contributed by atoms with Gasteiger partial charge in [-0.25, -0.2) is 9.42 Å². The monoisotopic (exact) mass is 532 g/mol. The highest BCUT2D eigenvalue weighted by atomic mass is 32.1. The molecule has 2 N–H and O–H groups in total. The van der Waals surface area contributed by atoms with Gasteiger partial charge in [-0.05, 0) is 61.0 Å². The minimum absolute atomic E-state index is 0.145. The van der Waals surface area contributed by atoms with Crippen LogP contribution in [-0.4, -0.2) is 78.7 Å². The molecule has 11 nitrogen and oxygen atoms in total. The van der Waals surface area contributed by atoms with Crippen LogP contribution in [0.25, 0.3) is 11.0 Å². The first-order chi connectivity index (χ1) is 17.4. The van der Waals surface area contributed by atoms with E-state index >= 15 is 0 Å². The Hall–Kier alpha value is -3.29. The quantitative estimate of drug-likeness (QED) is 0.343. The summed E-state index contributed by atoms with van der Waals surface area (Å²) in [6.07, 6.45) is 0. The second kappa shape index (κ2) is 11.2. The predicted molar refractivity (Wildman–Crippen MR) is 142 cm³/mol. The SMILES string of the molecule is CCN(CC)C(=O)c1sc(NC(=S)Nc2ccc(N3CCOCC3)c3nonc23)c(C(=O)OC)c1C. The molecule has 13 heteroatoms. The molecule has 2 aromatic heterocycles. The highest BCUT2D eigenvalue weighted by Crippen LogP contribution is 2.35. The van der Waals surface area contributed by atoms with Crippen LogP contribution in [0.4, 0.5) is 16.4 Å². The van der Waals surface area contributed by atoms with Crippen molar-refractivity contribution >= 4 is 68.0 Å². The molecule has 0 saturated carbocycles. The van der Waals surface area contributed by atoms with Gasteiger partial charge in [0.15, 0.2) is 16.1 Å². The largest absolute Gasteiger partial charge is 0.465 e. The second-order valence-corrected chi connectivity index (χ2v) is 9.43. The van der Waals surface area contributed by atoms with Gasteiger partial charge in [0, 0.05) is 26.2 Å². The molecule has 4 rings (SSSR count). The molecule has 1 fully saturated rings. The molecule has 0 atom stereocenters. The molecule has 1 amide bonds. The number of nitrogens with zero attached hydrogens (tertiary/aromatic N) is 4. The predicted octanol–water partition coefficient (Wildman–Crippen LogP) is 3.51. The Morgan fingerprint density at radius 1 is 1.17 bits per heavy atom. The number of methoxy groups -OCH3 is 1. The van der Waals surface area contributed by atoms with Crippen LogP contribution in [0.3, 0.4) is 0 Å². The molecule has 1 saturated heterocycles. The first-order valence-electron chi connectivity index (χ1n) is 11.6. The number of carbonyl (C=O) groups excluding carboxylic acids is 2. The summed E-state index contributed by atoms with van der Waals surface area (Å²) in [4.78, 5) is 29.9. The summed E-state index contributed by atoms with van der Waals surface area (Å²) >= 11 is 6.71. The fraction of sp³-hybridized carbons (Fsp3) is 0.435. The van der Waals surface area contributed by atoms with Crippen LogP contribution in [0.1, 0.15) is 39.4 Å². The number of hydrogen-bond donors (Lipinski definition) is 2. The van der Waals surface area contributed by atoms with Crippen molar-refractivity contribution in [1.29, 1.82) is 0 Å². The average molecular weight is 533 g/mol. The van der Waals surface area contributed by atoms with Gasteiger partial charge in [0.05, 0.1) is 42.1 Å². The number of aromatic nitrogens is 2. The third kappa shape index (κ3) is 4.99. The zero-order valence-electron chi connectivity index (χ0n) is 20.5. The van der Waals surface area contributed by atoms with E-state index in [1.807, 2.05) is 26.0 Å². The number of benzene rings is 1. The zero-order valence-corrected chi connectivity index (χ0v) is 22.2. The summed E-state index contributed by atoms with van der Waals surface area (Å²) in [7, 11) is 1.30. The third-order valence-electron chi connectivity index (χ3n) is 6.00. The lowest BCUT2D eigenvalue weighted by molar-refractivity contribution is 0.0601. The molecule has 192 valence electrons. The number of carbonyl (C=O) groups is 2. The molecule has 1 aromatic carbocycles. The highest BCUT2D eigenvalue weighted by Gasteiger charge is 2.28. The van der Waals surface area contributed by atoms with E-state index in [1.54, 1.807) is 11.8 Å². The van der Waals surface area contributed by atoms with Crippen molar-refractivity contribution < 1.29 is 23.7 Å². The number of morpholine rings is 1. The third-order valence-corrected chi connectivity index (χ3v) is 7.40. The maximum atomic E-state index is 13.0. The van der Waals surface area contributed by atoms with Crippen LogP contribution < -0.4 is 15.5 Å². The number of rotatable bonds is 7. The number of hydrogen-bond acceptors (Lipinski definition) is 10. The van der Waals surface area contributed by atoms with E-state index < -0.39 is 5.97 Å². The van der Waals surface area contributed by atoms with Gasteiger partial charge in [-0.3, -0.25) is 4.79 Å². The number of anilines is 3. The van der Waals surface area contributed by atoms with Crippen LogP contribution in [0.15, 0.2) is 16.8 Å². The number of nitrogens with one attached hydrogen (secondary N) is 2. The molecule has 0 radical (unpaired) electrons. The highest BCUT2D eigenvalue weighted by molar-refractivity contribution is 7.80. The molecule has 0 bridgehead atoms. The first-order valence-corrected chi connectivity index (χ1v) is 12.8. The van der Waals surface area contributed by atoms with Crippen LogP contribution in [0, 0.1) is 6.92 Å². The van der Waals surface area contributed by atoms with Crippen molar-refractivity contribution in [2.45, 2.75) is 20.8 Å². The Kier molecular flexibility index (Phi) is 8.01. The van der Waals surface area contributed by atoms with E-state index in [1.165, 1.54) is 18.4 Å². The van der Waals surface area contributed by atoms with Gasteiger partial charge in [-0.1, -0.05) is 0 Å². The van der Waals surface area contributed by atoms with E-state index in [4.69, 9.17) is 26.3 Å². The lowest BCUT2D eigenvalue weighted by Crippen LogP contribution is -2.36. The molecule has 0 spiro atoms. The van der Waals surface area contributed by atoms with E-state index in [2.05, 4.69) is 25.8 Å². The van der Waals surface area contributed by atoms with Crippen LogP contribution in [-0.2, 0) is 9.47 Å². The van der Waals surface area contributed by atoms with Gasteiger partial charge in [0.1, 0.15) is 5.00 Å². The first kappa shape index (κ1) is 25.8. The van der Waals surface area contributed by atoms with Crippen molar-refractivity contribution in [1.82, 2.24) is 15.2 Å². The average Bonchev–Trinajstić information content (AvgIpc) is 3.50. The maximum absolute atomic E-state index is 13.0. The summed E-state index contributed by atoms with van der Waals surface area (Å²) in [6.45, 7) is 9.45. The molecule has 3 aromatic rings. The minimum atomic E-state index is -0.550. The van der Waals surface area contributed by atoms with Gasteiger partial charge < -0.3 is 29.9 Å². The topological polar surface area (TPSA) is 122 Å². The van der Waals surface area contributed by atoms with Crippen molar-refractivity contribution in [3.63, 3.8) is 0 Å². The van der Waals surface area contributed by atoms with Crippen molar-refractivity contribution in [3.8, 4) is 0 Å². The van der Waals surface area contributed by atoms with Crippen LogP contribution in [0.5, 0.6) is 0 Å². The Balaban J connectivity index is 1.60. The van der Waals surface area contributed by atoms with Crippen LogP contribution >= 0.6 is 23.6 Å². The number of fused-ring (bicyclic) bond motifs is 1. The smallest absolute Gasteiger partial charge is 0.341 e. The Labute approximate surface area is 217 Å². The van der Waals surface area contributed by atoms with E-state index in [0.717, 1.165) is 18.8 Å². The van der Waals surface area contributed by atoms with E-state index in [-0.39, 0.29) is 16.6 Å². The normalized spacial score (nSPS) is 13.5. The summed E-state index contributed by atoms with van der Waals surface area (Å²) < 4.78 is 15.4. The van der Waals surface area contributed by atoms with Crippen LogP contribution in [0.2, 0.25) is 0 Å². The van der Waals surface area contributed by atoms with Gasteiger partial charge in [0.2, 0.25) is 0 Å². The standard InChI is InChI=1S/C23H28N6O5S2/c1-5-28(6-2)21(30)19-13(3)16(22(31)32-4)20(36-19)25-23(35)24-14-7-8-15(18-17(14)26-34-27-18)29-9-11-33-12-10-29/h7-8H,5-6,9-12H2,1-4H3,(H2,24,25,35). The molecule has 1 aliphatic heterocycles. The van der Waals surface area contributed by atoms with Gasteiger partial charge in [0.25, 0.3) is 5.91 Å². The van der Waals surface area contributed by atoms with E-state index in [0.29, 0.717) is 58.5 Å². The summed E-state index contributed by atoms with van der Waals surface area (Å²) in [6, 6.07) is 3.78. The molecular formula is C23H28N6O5S2. The number of thiophene rings is 1. The summed E-state index contributed by atoms with van der Waals surface area (Å²) in [5.41, 5.74) is 3.45. The van der Waals surface area contributed by atoms with Crippen molar-refractivity contribution in [3.05, 3.63) is 28.1 Å². The zero-order chi connectivity index (χ0) is 25.8. The lowest BCUT2D eigenvalue weighted by Gasteiger charge is -2.28. The fourth-order valence-electron chi connectivity index (χ4n) is 4.08. The van der Waals surface area contributed by atoms with Gasteiger partial charge in [-0.2, -0.15) is 0 Å². The molecular weight excluding hydrogens is 504 g/mol. The summed E-state index contributed by atoms with van der Waals surface area (Å²) in [5, 5.41) is 15.0. The summed E-state index contributed by atoms with van der Waals surface area (Å²) in [5.74, 6) is -0.695.